The predicted molar refractivity (Wildman–Crippen MR) is 120 cm³/mol. The fraction of sp³-hybridized carbons (Fsp3) is 0.556. The highest BCUT2D eigenvalue weighted by Gasteiger charge is 2.32. The van der Waals surface area contributed by atoms with Crippen molar-refractivity contribution in [2.24, 2.45) is 17.8 Å². The van der Waals surface area contributed by atoms with E-state index < -0.39 is 0 Å². The Morgan fingerprint density at radius 3 is 2.31 bits per heavy atom. The van der Waals surface area contributed by atoms with Crippen molar-refractivity contribution in [2.75, 3.05) is 7.11 Å². The fourth-order valence-electron chi connectivity index (χ4n) is 5.93. The number of methoxy groups -OCH3 is 1. The molecule has 0 aliphatic heterocycles. The van der Waals surface area contributed by atoms with Gasteiger partial charge in [-0.1, -0.05) is 31.1 Å². The number of halogens is 1. The molecule has 2 aromatic carbocycles. The quantitative estimate of drug-likeness (QED) is 0.450. The third-order valence-corrected chi connectivity index (χ3v) is 7.74. The Labute approximate surface area is 175 Å². The fourth-order valence-corrected chi connectivity index (χ4v) is 5.93. The smallest absolute Gasteiger partial charge is 0.134 e. The molecule has 0 bridgehead atoms. The maximum absolute atomic E-state index is 15.2. The zero-order chi connectivity index (χ0) is 20.2. The van der Waals surface area contributed by atoms with E-state index in [-0.39, 0.29) is 5.82 Å². The summed E-state index contributed by atoms with van der Waals surface area (Å²) in [6, 6.07) is 9.73. The van der Waals surface area contributed by atoms with Gasteiger partial charge in [-0.05, 0) is 104 Å². The molecule has 0 N–H and O–H groups in total. The molecular weight excluding hydrogens is 359 g/mol. The van der Waals surface area contributed by atoms with Crippen LogP contribution >= 0.6 is 0 Å². The summed E-state index contributed by atoms with van der Waals surface area (Å²) in [7, 11) is 1.65. The van der Waals surface area contributed by atoms with E-state index >= 15 is 4.39 Å². The molecule has 0 saturated heterocycles. The first-order valence-electron chi connectivity index (χ1n) is 11.6. The predicted octanol–water partition coefficient (Wildman–Crippen LogP) is 8.03. The normalized spacial score (nSPS) is 27.7. The van der Waals surface area contributed by atoms with Crippen molar-refractivity contribution in [3.63, 3.8) is 0 Å². The molecule has 0 heterocycles. The lowest BCUT2D eigenvalue weighted by Gasteiger charge is -2.38. The van der Waals surface area contributed by atoms with Crippen molar-refractivity contribution in [1.82, 2.24) is 0 Å². The molecule has 0 atom stereocenters. The van der Waals surface area contributed by atoms with Gasteiger partial charge in [-0.25, -0.2) is 4.39 Å². The third-order valence-electron chi connectivity index (χ3n) is 7.74. The second-order valence-electron chi connectivity index (χ2n) is 9.31. The van der Waals surface area contributed by atoms with Gasteiger partial charge in [-0.2, -0.15) is 0 Å². The second kappa shape index (κ2) is 9.32. The maximum Gasteiger partial charge on any atom is 0.134 e. The summed E-state index contributed by atoms with van der Waals surface area (Å²) in [5.74, 6) is 3.83. The van der Waals surface area contributed by atoms with Crippen LogP contribution in [0.25, 0.3) is 10.8 Å². The van der Waals surface area contributed by atoms with E-state index in [1.165, 1.54) is 51.4 Å². The Balaban J connectivity index is 1.36. The van der Waals surface area contributed by atoms with Crippen molar-refractivity contribution in [3.8, 4) is 5.75 Å². The zero-order valence-electron chi connectivity index (χ0n) is 17.8. The van der Waals surface area contributed by atoms with Gasteiger partial charge < -0.3 is 4.74 Å². The summed E-state index contributed by atoms with van der Waals surface area (Å²) in [5, 5.41) is 1.65. The minimum atomic E-state index is -0.0173. The van der Waals surface area contributed by atoms with Crippen LogP contribution in [0.15, 0.2) is 43.0 Å². The molecule has 0 unspecified atom stereocenters. The first-order valence-corrected chi connectivity index (χ1v) is 11.6. The minimum Gasteiger partial charge on any atom is -0.497 e. The Morgan fingerprint density at radius 2 is 1.66 bits per heavy atom. The first-order chi connectivity index (χ1) is 14.2. The molecule has 1 nitrogen and oxygen atoms in total. The standard InChI is InChI=1S/C27H35FO/c1-3-4-5-19-6-8-20(9-7-19)21-10-12-22(13-11-21)25-16-14-23-18-24(29-2)15-17-26(23)27(25)28/h3,14-22H,1,4-13H2,2H3. The average Bonchev–Trinajstić information content (AvgIpc) is 2.78. The monoisotopic (exact) mass is 394 g/mol. The van der Waals surface area contributed by atoms with Gasteiger partial charge in [0.15, 0.2) is 0 Å². The average molecular weight is 395 g/mol. The Kier molecular flexibility index (Phi) is 6.57. The summed E-state index contributed by atoms with van der Waals surface area (Å²) in [6.07, 6.45) is 15.0. The van der Waals surface area contributed by atoms with Crippen LogP contribution < -0.4 is 4.74 Å². The molecule has 2 heteroatoms. The summed E-state index contributed by atoms with van der Waals surface area (Å²) in [6.45, 7) is 3.86. The number of rotatable bonds is 6. The van der Waals surface area contributed by atoms with E-state index in [2.05, 4.69) is 18.7 Å². The highest BCUT2D eigenvalue weighted by molar-refractivity contribution is 5.85. The van der Waals surface area contributed by atoms with E-state index in [1.54, 1.807) is 7.11 Å². The first kappa shape index (κ1) is 20.4. The molecule has 2 aromatic rings. The molecule has 0 radical (unpaired) electrons. The third kappa shape index (κ3) is 4.52. The molecule has 0 aromatic heterocycles. The molecular formula is C27H35FO. The lowest BCUT2D eigenvalue weighted by Crippen LogP contribution is -2.25. The van der Waals surface area contributed by atoms with Gasteiger partial charge in [0, 0.05) is 5.39 Å². The van der Waals surface area contributed by atoms with Crippen LogP contribution in [0.2, 0.25) is 0 Å². The molecule has 0 amide bonds. The van der Waals surface area contributed by atoms with Gasteiger partial charge in [0.05, 0.1) is 7.11 Å². The number of hydrogen-bond acceptors (Lipinski definition) is 1. The number of allylic oxidation sites excluding steroid dienone is 1. The number of fused-ring (bicyclic) bond motifs is 1. The Morgan fingerprint density at radius 1 is 0.966 bits per heavy atom. The van der Waals surface area contributed by atoms with Crippen molar-refractivity contribution in [1.29, 1.82) is 0 Å². The number of benzene rings is 2. The van der Waals surface area contributed by atoms with Gasteiger partial charge in [-0.15, -0.1) is 6.58 Å². The number of ether oxygens (including phenoxy) is 1. The van der Waals surface area contributed by atoms with Gasteiger partial charge in [-0.3, -0.25) is 0 Å². The molecule has 2 fully saturated rings. The topological polar surface area (TPSA) is 9.23 Å². The van der Waals surface area contributed by atoms with Gasteiger partial charge in [0.2, 0.25) is 0 Å². The Hall–Kier alpha value is -1.83. The van der Waals surface area contributed by atoms with Crippen molar-refractivity contribution < 1.29 is 9.13 Å². The molecule has 29 heavy (non-hydrogen) atoms. The van der Waals surface area contributed by atoms with Crippen LogP contribution in [-0.2, 0) is 0 Å². The molecule has 2 aliphatic carbocycles. The Bertz CT molecular complexity index is 826. The van der Waals surface area contributed by atoms with E-state index in [9.17, 15) is 0 Å². The van der Waals surface area contributed by atoms with Crippen LogP contribution in [-0.4, -0.2) is 7.11 Å². The molecule has 4 rings (SSSR count). The summed E-state index contributed by atoms with van der Waals surface area (Å²) in [5.41, 5.74) is 0.925. The van der Waals surface area contributed by atoms with Crippen LogP contribution in [0.4, 0.5) is 4.39 Å². The highest BCUT2D eigenvalue weighted by atomic mass is 19.1. The zero-order valence-corrected chi connectivity index (χ0v) is 17.8. The summed E-state index contributed by atoms with van der Waals surface area (Å²) in [4.78, 5) is 0. The van der Waals surface area contributed by atoms with Crippen LogP contribution in [0.1, 0.15) is 75.7 Å². The van der Waals surface area contributed by atoms with Crippen LogP contribution in [0.5, 0.6) is 5.75 Å². The lowest BCUT2D eigenvalue weighted by atomic mass is 9.68. The largest absolute Gasteiger partial charge is 0.497 e. The van der Waals surface area contributed by atoms with Crippen molar-refractivity contribution in [2.45, 2.75) is 70.1 Å². The van der Waals surface area contributed by atoms with Crippen LogP contribution in [0.3, 0.4) is 0 Å². The van der Waals surface area contributed by atoms with Crippen LogP contribution in [0, 0.1) is 23.6 Å². The van der Waals surface area contributed by atoms with E-state index in [4.69, 9.17) is 4.74 Å². The van der Waals surface area contributed by atoms with E-state index in [0.29, 0.717) is 5.92 Å². The second-order valence-corrected chi connectivity index (χ2v) is 9.31. The molecule has 0 spiro atoms. The van der Waals surface area contributed by atoms with Gasteiger partial charge in [0.25, 0.3) is 0 Å². The maximum atomic E-state index is 15.2. The lowest BCUT2D eigenvalue weighted by molar-refractivity contribution is 0.156. The van der Waals surface area contributed by atoms with Crippen molar-refractivity contribution in [3.05, 3.63) is 54.4 Å². The SMILES string of the molecule is C=CCCC1CCC(C2CCC(c3ccc4cc(OC)ccc4c3F)CC2)CC1. The van der Waals surface area contributed by atoms with Gasteiger partial charge >= 0.3 is 0 Å². The van der Waals surface area contributed by atoms with Crippen molar-refractivity contribution >= 4 is 10.8 Å². The van der Waals surface area contributed by atoms with E-state index in [1.807, 2.05) is 24.3 Å². The van der Waals surface area contributed by atoms with Gasteiger partial charge in [0.1, 0.15) is 11.6 Å². The molecule has 2 saturated carbocycles. The molecule has 2 aliphatic rings. The highest BCUT2D eigenvalue weighted by Crippen LogP contribution is 2.45. The summed E-state index contributed by atoms with van der Waals surface area (Å²) >= 11 is 0. The summed E-state index contributed by atoms with van der Waals surface area (Å²) < 4.78 is 20.5. The minimum absolute atomic E-state index is 0.0173. The van der Waals surface area contributed by atoms with E-state index in [0.717, 1.165) is 52.7 Å². The molecule has 156 valence electrons. The number of hydrogen-bond donors (Lipinski definition) is 0.